The molecule has 0 saturated carbocycles. The van der Waals surface area contributed by atoms with Gasteiger partial charge in [-0.05, 0) is 12.5 Å². The Kier molecular flexibility index (Phi) is 3.28. The quantitative estimate of drug-likeness (QED) is 0.731. The van der Waals surface area contributed by atoms with E-state index in [0.717, 1.165) is 16.9 Å². The van der Waals surface area contributed by atoms with Crippen molar-refractivity contribution in [3.05, 3.63) is 29.3 Å². The molecule has 0 spiro atoms. The van der Waals surface area contributed by atoms with E-state index in [1.807, 2.05) is 25.1 Å². The first-order valence-corrected chi connectivity index (χ1v) is 4.22. The van der Waals surface area contributed by atoms with Crippen molar-refractivity contribution in [3.63, 3.8) is 0 Å². The molecule has 0 heterocycles. The van der Waals surface area contributed by atoms with Gasteiger partial charge in [-0.3, -0.25) is 0 Å². The van der Waals surface area contributed by atoms with E-state index in [0.29, 0.717) is 0 Å². The van der Waals surface area contributed by atoms with E-state index in [4.69, 9.17) is 10.5 Å². The third kappa shape index (κ3) is 1.99. The van der Waals surface area contributed by atoms with Crippen LogP contribution >= 0.6 is 0 Å². The molecule has 1 aromatic carbocycles. The van der Waals surface area contributed by atoms with Crippen LogP contribution in [0.5, 0.6) is 5.75 Å². The molecule has 1 atom stereocenters. The lowest BCUT2D eigenvalue weighted by Gasteiger charge is -2.14. The predicted octanol–water partition coefficient (Wildman–Crippen LogP) is 0.996. The van der Waals surface area contributed by atoms with Crippen molar-refractivity contribution in [1.29, 1.82) is 0 Å². The largest absolute Gasteiger partial charge is 0.496 e. The molecule has 3 nitrogen and oxygen atoms in total. The molecule has 0 bridgehead atoms. The average Bonchev–Trinajstić information content (AvgIpc) is 2.16. The highest BCUT2D eigenvalue weighted by atomic mass is 16.5. The van der Waals surface area contributed by atoms with E-state index >= 15 is 0 Å². The van der Waals surface area contributed by atoms with Crippen molar-refractivity contribution in [1.82, 2.24) is 0 Å². The molecule has 0 aliphatic carbocycles. The number of benzene rings is 1. The van der Waals surface area contributed by atoms with Gasteiger partial charge in [-0.15, -0.1) is 0 Å². The second-order valence-electron chi connectivity index (χ2n) is 2.95. The van der Waals surface area contributed by atoms with Crippen molar-refractivity contribution in [2.24, 2.45) is 5.73 Å². The highest BCUT2D eigenvalue weighted by Crippen LogP contribution is 2.27. The van der Waals surface area contributed by atoms with Gasteiger partial charge >= 0.3 is 0 Å². The first-order chi connectivity index (χ1) is 6.20. The number of aryl methyl sites for hydroxylation is 1. The number of nitrogens with two attached hydrogens (primary N) is 1. The topological polar surface area (TPSA) is 55.5 Å². The maximum atomic E-state index is 9.56. The van der Waals surface area contributed by atoms with Crippen LogP contribution in [0.15, 0.2) is 18.2 Å². The number of methoxy groups -OCH3 is 1. The highest BCUT2D eigenvalue weighted by Gasteiger charge is 2.12. The SMILES string of the molecule is COc1c(C)cccc1C(O)CN. The third-order valence-corrected chi connectivity index (χ3v) is 2.03. The molecular formula is C10H15NO2. The molecule has 0 aliphatic heterocycles. The molecule has 0 amide bonds. The van der Waals surface area contributed by atoms with Crippen LogP contribution < -0.4 is 10.5 Å². The summed E-state index contributed by atoms with van der Waals surface area (Å²) in [6.07, 6.45) is -0.644. The molecule has 1 unspecified atom stereocenters. The molecule has 72 valence electrons. The fraction of sp³-hybridized carbons (Fsp3) is 0.400. The number of hydrogen-bond donors (Lipinski definition) is 2. The Labute approximate surface area is 78.1 Å². The van der Waals surface area contributed by atoms with Crippen LogP contribution in [-0.2, 0) is 0 Å². The Bertz CT molecular complexity index is 286. The number of rotatable bonds is 3. The van der Waals surface area contributed by atoms with Crippen molar-refractivity contribution in [2.75, 3.05) is 13.7 Å². The van der Waals surface area contributed by atoms with E-state index in [1.165, 1.54) is 0 Å². The monoisotopic (exact) mass is 181 g/mol. The number of ether oxygens (including phenoxy) is 1. The van der Waals surface area contributed by atoms with Crippen molar-refractivity contribution >= 4 is 0 Å². The molecule has 3 heteroatoms. The van der Waals surface area contributed by atoms with Crippen LogP contribution in [0, 0.1) is 6.92 Å². The normalized spacial score (nSPS) is 12.6. The zero-order valence-corrected chi connectivity index (χ0v) is 7.95. The van der Waals surface area contributed by atoms with Crippen molar-refractivity contribution in [2.45, 2.75) is 13.0 Å². The summed E-state index contributed by atoms with van der Waals surface area (Å²) in [4.78, 5) is 0. The number of para-hydroxylation sites is 1. The zero-order chi connectivity index (χ0) is 9.84. The number of aliphatic hydroxyl groups excluding tert-OH is 1. The fourth-order valence-electron chi connectivity index (χ4n) is 1.34. The van der Waals surface area contributed by atoms with E-state index in [2.05, 4.69) is 0 Å². The van der Waals surface area contributed by atoms with Crippen LogP contribution in [0.2, 0.25) is 0 Å². The first kappa shape index (κ1) is 10.0. The van der Waals surface area contributed by atoms with Gasteiger partial charge in [0.1, 0.15) is 5.75 Å². The number of aliphatic hydroxyl groups is 1. The Morgan fingerprint density at radius 2 is 2.23 bits per heavy atom. The molecule has 0 fully saturated rings. The van der Waals surface area contributed by atoms with Gasteiger partial charge in [0.25, 0.3) is 0 Å². The van der Waals surface area contributed by atoms with Gasteiger partial charge in [0.2, 0.25) is 0 Å². The van der Waals surface area contributed by atoms with Crippen LogP contribution in [0.25, 0.3) is 0 Å². The molecule has 3 N–H and O–H groups in total. The molecule has 1 rings (SSSR count). The summed E-state index contributed by atoms with van der Waals surface area (Å²) in [5.41, 5.74) is 7.13. The Morgan fingerprint density at radius 3 is 2.77 bits per heavy atom. The molecular weight excluding hydrogens is 166 g/mol. The Balaban J connectivity index is 3.12. The standard InChI is InChI=1S/C10H15NO2/c1-7-4-3-5-8(9(12)6-11)10(7)13-2/h3-5,9,12H,6,11H2,1-2H3. The Morgan fingerprint density at radius 1 is 1.54 bits per heavy atom. The molecule has 0 aromatic heterocycles. The van der Waals surface area contributed by atoms with Gasteiger partial charge in [-0.25, -0.2) is 0 Å². The molecule has 0 aliphatic rings. The lowest BCUT2D eigenvalue weighted by Crippen LogP contribution is -2.12. The van der Waals surface area contributed by atoms with E-state index in [9.17, 15) is 5.11 Å². The van der Waals surface area contributed by atoms with Gasteiger partial charge in [-0.2, -0.15) is 0 Å². The second-order valence-corrected chi connectivity index (χ2v) is 2.95. The van der Waals surface area contributed by atoms with Crippen LogP contribution in [0.3, 0.4) is 0 Å². The summed E-state index contributed by atoms with van der Waals surface area (Å²) in [5.74, 6) is 0.723. The fourth-order valence-corrected chi connectivity index (χ4v) is 1.34. The van der Waals surface area contributed by atoms with E-state index in [1.54, 1.807) is 7.11 Å². The van der Waals surface area contributed by atoms with Gasteiger partial charge in [0.05, 0.1) is 13.2 Å². The van der Waals surface area contributed by atoms with Gasteiger partial charge in [0, 0.05) is 12.1 Å². The van der Waals surface area contributed by atoms with Gasteiger partial charge < -0.3 is 15.6 Å². The lowest BCUT2D eigenvalue weighted by molar-refractivity contribution is 0.182. The van der Waals surface area contributed by atoms with Gasteiger partial charge in [0.15, 0.2) is 0 Å². The summed E-state index contributed by atoms with van der Waals surface area (Å²) in [5, 5.41) is 9.56. The minimum Gasteiger partial charge on any atom is -0.496 e. The van der Waals surface area contributed by atoms with Crippen LogP contribution in [0.1, 0.15) is 17.2 Å². The van der Waals surface area contributed by atoms with Crippen LogP contribution in [0.4, 0.5) is 0 Å². The average molecular weight is 181 g/mol. The number of hydrogen-bond acceptors (Lipinski definition) is 3. The minimum atomic E-state index is -0.644. The van der Waals surface area contributed by atoms with Crippen molar-refractivity contribution in [3.8, 4) is 5.75 Å². The summed E-state index contributed by atoms with van der Waals surface area (Å²) in [6, 6.07) is 5.64. The third-order valence-electron chi connectivity index (χ3n) is 2.03. The smallest absolute Gasteiger partial charge is 0.127 e. The maximum Gasteiger partial charge on any atom is 0.127 e. The lowest BCUT2D eigenvalue weighted by atomic mass is 10.0. The maximum absolute atomic E-state index is 9.56. The van der Waals surface area contributed by atoms with Crippen LogP contribution in [-0.4, -0.2) is 18.8 Å². The molecule has 13 heavy (non-hydrogen) atoms. The Hall–Kier alpha value is -1.06. The van der Waals surface area contributed by atoms with E-state index in [-0.39, 0.29) is 6.54 Å². The molecule has 0 radical (unpaired) electrons. The molecule has 1 aromatic rings. The summed E-state index contributed by atoms with van der Waals surface area (Å²) in [6.45, 7) is 2.14. The van der Waals surface area contributed by atoms with E-state index < -0.39 is 6.10 Å². The molecule has 0 saturated heterocycles. The summed E-state index contributed by atoms with van der Waals surface area (Å²) in [7, 11) is 1.59. The summed E-state index contributed by atoms with van der Waals surface area (Å²) >= 11 is 0. The van der Waals surface area contributed by atoms with Gasteiger partial charge in [-0.1, -0.05) is 18.2 Å². The highest BCUT2D eigenvalue weighted by molar-refractivity contribution is 5.42. The second kappa shape index (κ2) is 4.25. The first-order valence-electron chi connectivity index (χ1n) is 4.22. The summed E-state index contributed by atoms with van der Waals surface area (Å²) < 4.78 is 5.18. The minimum absolute atomic E-state index is 0.208. The van der Waals surface area contributed by atoms with Crippen molar-refractivity contribution < 1.29 is 9.84 Å². The zero-order valence-electron chi connectivity index (χ0n) is 7.95. The predicted molar refractivity (Wildman–Crippen MR) is 51.7 cm³/mol.